The SMILES string of the molecule is CCC(F)(F)CNc1ncc2c3ccc(N4CCN(C)CC4)cc3c(=O)n([C@H]3CC[C@H](O)CC3)c2n1. The molecule has 2 aromatic heterocycles. The van der Waals surface area contributed by atoms with Crippen LogP contribution in [0.25, 0.3) is 21.8 Å². The first-order valence-corrected chi connectivity index (χ1v) is 12.8. The van der Waals surface area contributed by atoms with Crippen LogP contribution >= 0.6 is 0 Å². The minimum Gasteiger partial charge on any atom is -0.393 e. The summed E-state index contributed by atoms with van der Waals surface area (Å²) in [5.74, 6) is -2.80. The van der Waals surface area contributed by atoms with E-state index < -0.39 is 12.5 Å². The lowest BCUT2D eigenvalue weighted by molar-refractivity contribution is 0.0114. The number of hydrogen-bond acceptors (Lipinski definition) is 7. The van der Waals surface area contributed by atoms with Crippen molar-refractivity contribution in [2.24, 2.45) is 0 Å². The zero-order valence-corrected chi connectivity index (χ0v) is 20.9. The molecule has 2 N–H and O–H groups in total. The van der Waals surface area contributed by atoms with Gasteiger partial charge in [0.15, 0.2) is 0 Å². The molecule has 5 rings (SSSR count). The molecule has 1 aliphatic heterocycles. The summed E-state index contributed by atoms with van der Waals surface area (Å²) in [5.41, 5.74) is 1.32. The lowest BCUT2D eigenvalue weighted by atomic mass is 9.92. The Morgan fingerprint density at radius 1 is 1.08 bits per heavy atom. The second-order valence-corrected chi connectivity index (χ2v) is 10.2. The molecule has 1 saturated heterocycles. The number of aromatic nitrogens is 3. The average molecular weight is 501 g/mol. The summed E-state index contributed by atoms with van der Waals surface area (Å²) >= 11 is 0. The number of nitrogens with one attached hydrogen (secondary N) is 1. The zero-order chi connectivity index (χ0) is 25.4. The van der Waals surface area contributed by atoms with E-state index in [0.29, 0.717) is 42.1 Å². The van der Waals surface area contributed by atoms with Crippen molar-refractivity contribution in [1.82, 2.24) is 19.4 Å². The van der Waals surface area contributed by atoms with Crippen LogP contribution in [0.4, 0.5) is 20.4 Å². The molecule has 0 unspecified atom stereocenters. The number of pyridine rings is 1. The standard InChI is InChI=1S/C26H34F2N6O2/c1-3-26(27,28)16-30-25-29-15-22-20-9-6-18(33-12-10-32(2)11-13-33)14-21(20)24(36)34(23(22)31-25)17-4-7-19(35)8-5-17/h6,9,14-15,17,19,35H,3-5,7-8,10-13,16H2,1-2H3,(H,29,30,31)/t17-,19-. The Morgan fingerprint density at radius 2 is 1.81 bits per heavy atom. The molecule has 0 spiro atoms. The van der Waals surface area contributed by atoms with Gasteiger partial charge in [-0.05, 0) is 50.2 Å². The van der Waals surface area contributed by atoms with Gasteiger partial charge in [-0.15, -0.1) is 0 Å². The minimum atomic E-state index is -2.87. The highest BCUT2D eigenvalue weighted by Gasteiger charge is 2.28. The first-order chi connectivity index (χ1) is 17.3. The van der Waals surface area contributed by atoms with Crippen molar-refractivity contribution >= 4 is 33.4 Å². The van der Waals surface area contributed by atoms with Gasteiger partial charge in [0.05, 0.1) is 18.0 Å². The lowest BCUT2D eigenvalue weighted by Crippen LogP contribution is -2.44. The molecule has 0 amide bonds. The first kappa shape index (κ1) is 24.8. The monoisotopic (exact) mass is 500 g/mol. The molecule has 3 aromatic rings. The topological polar surface area (TPSA) is 86.5 Å². The Hall–Kier alpha value is -2.85. The number of rotatable bonds is 6. The van der Waals surface area contributed by atoms with Crippen LogP contribution < -0.4 is 15.8 Å². The van der Waals surface area contributed by atoms with Gasteiger partial charge in [0.1, 0.15) is 5.65 Å². The van der Waals surface area contributed by atoms with Crippen molar-refractivity contribution in [3.63, 3.8) is 0 Å². The molecule has 10 heteroatoms. The lowest BCUT2D eigenvalue weighted by Gasteiger charge is -2.34. The van der Waals surface area contributed by atoms with Crippen LogP contribution in [-0.2, 0) is 0 Å². The third-order valence-corrected chi connectivity index (χ3v) is 7.66. The fraction of sp³-hybridized carbons (Fsp3) is 0.577. The van der Waals surface area contributed by atoms with Crippen LogP contribution in [-0.4, -0.2) is 76.3 Å². The van der Waals surface area contributed by atoms with Gasteiger partial charge in [-0.25, -0.2) is 13.8 Å². The average Bonchev–Trinajstić information content (AvgIpc) is 2.89. The highest BCUT2D eigenvalue weighted by molar-refractivity contribution is 6.05. The van der Waals surface area contributed by atoms with E-state index in [0.717, 1.165) is 37.3 Å². The normalized spacial score (nSPS) is 21.9. The predicted octanol–water partition coefficient (Wildman–Crippen LogP) is 3.63. The molecular weight excluding hydrogens is 466 g/mol. The number of aliphatic hydroxyl groups excluding tert-OH is 1. The van der Waals surface area contributed by atoms with Gasteiger partial charge in [-0.2, -0.15) is 4.98 Å². The summed E-state index contributed by atoms with van der Waals surface area (Å²) in [6.45, 7) is 4.57. The van der Waals surface area contributed by atoms with Gasteiger partial charge >= 0.3 is 0 Å². The van der Waals surface area contributed by atoms with Gasteiger partial charge in [-0.3, -0.25) is 9.36 Å². The minimum absolute atomic E-state index is 0.0769. The van der Waals surface area contributed by atoms with Gasteiger partial charge in [-0.1, -0.05) is 13.0 Å². The molecule has 36 heavy (non-hydrogen) atoms. The van der Waals surface area contributed by atoms with Crippen LogP contribution in [0.2, 0.25) is 0 Å². The van der Waals surface area contributed by atoms with Crippen molar-refractivity contribution in [3.8, 4) is 0 Å². The molecular formula is C26H34F2N6O2. The summed E-state index contributed by atoms with van der Waals surface area (Å²) in [7, 11) is 2.11. The third kappa shape index (κ3) is 4.88. The molecule has 3 heterocycles. The molecule has 1 aromatic carbocycles. The number of halogens is 2. The Balaban J connectivity index is 1.62. The number of likely N-dealkylation sites (N-methyl/N-ethyl adjacent to an activating group) is 1. The van der Waals surface area contributed by atoms with E-state index in [1.165, 1.54) is 6.92 Å². The van der Waals surface area contributed by atoms with Gasteiger partial charge in [0.2, 0.25) is 5.95 Å². The maximum absolute atomic E-state index is 14.0. The van der Waals surface area contributed by atoms with E-state index in [9.17, 15) is 18.7 Å². The molecule has 194 valence electrons. The van der Waals surface area contributed by atoms with Crippen LogP contribution in [0, 0.1) is 0 Å². The Morgan fingerprint density at radius 3 is 2.50 bits per heavy atom. The van der Waals surface area contributed by atoms with E-state index in [1.54, 1.807) is 10.8 Å². The van der Waals surface area contributed by atoms with E-state index in [1.807, 2.05) is 18.2 Å². The fourth-order valence-electron chi connectivity index (χ4n) is 5.25. The number of fused-ring (bicyclic) bond motifs is 3. The van der Waals surface area contributed by atoms with Crippen molar-refractivity contribution < 1.29 is 13.9 Å². The van der Waals surface area contributed by atoms with Crippen molar-refractivity contribution in [1.29, 1.82) is 0 Å². The summed E-state index contributed by atoms with van der Waals surface area (Å²) in [5, 5.41) is 14.8. The number of hydrogen-bond donors (Lipinski definition) is 2. The van der Waals surface area contributed by atoms with E-state index in [-0.39, 0.29) is 30.1 Å². The molecule has 0 radical (unpaired) electrons. The van der Waals surface area contributed by atoms with Gasteiger partial charge < -0.3 is 20.2 Å². The second kappa shape index (κ2) is 9.89. The van der Waals surface area contributed by atoms with Crippen molar-refractivity contribution in [3.05, 3.63) is 34.7 Å². The zero-order valence-electron chi connectivity index (χ0n) is 20.9. The molecule has 1 aliphatic carbocycles. The van der Waals surface area contributed by atoms with E-state index in [2.05, 4.69) is 32.1 Å². The number of benzene rings is 1. The molecule has 1 saturated carbocycles. The number of nitrogens with zero attached hydrogens (tertiary/aromatic N) is 5. The highest BCUT2D eigenvalue weighted by atomic mass is 19.3. The smallest absolute Gasteiger partial charge is 0.264 e. The Labute approximate surface area is 208 Å². The van der Waals surface area contributed by atoms with Crippen LogP contribution in [0.3, 0.4) is 0 Å². The van der Waals surface area contributed by atoms with Crippen LogP contribution in [0.5, 0.6) is 0 Å². The Bertz CT molecular complexity index is 1300. The van der Waals surface area contributed by atoms with Crippen LogP contribution in [0.1, 0.15) is 45.1 Å². The van der Waals surface area contributed by atoms with Gasteiger partial charge in [0, 0.05) is 55.9 Å². The molecule has 0 atom stereocenters. The first-order valence-electron chi connectivity index (χ1n) is 12.8. The predicted molar refractivity (Wildman–Crippen MR) is 138 cm³/mol. The van der Waals surface area contributed by atoms with Gasteiger partial charge in [0.25, 0.3) is 11.5 Å². The summed E-state index contributed by atoms with van der Waals surface area (Å²) in [4.78, 5) is 27.4. The Kier molecular flexibility index (Phi) is 6.82. The summed E-state index contributed by atoms with van der Waals surface area (Å²) < 4.78 is 29.4. The number of aliphatic hydroxyl groups is 1. The van der Waals surface area contributed by atoms with Crippen LogP contribution in [0.15, 0.2) is 29.2 Å². The molecule has 2 fully saturated rings. The summed E-state index contributed by atoms with van der Waals surface area (Å²) in [6, 6.07) is 5.82. The fourth-order valence-corrected chi connectivity index (χ4v) is 5.25. The van der Waals surface area contributed by atoms with Crippen molar-refractivity contribution in [2.45, 2.75) is 57.1 Å². The maximum atomic E-state index is 14.0. The largest absolute Gasteiger partial charge is 0.393 e. The van der Waals surface area contributed by atoms with E-state index >= 15 is 0 Å². The number of anilines is 2. The summed E-state index contributed by atoms with van der Waals surface area (Å²) in [6.07, 6.45) is 3.49. The van der Waals surface area contributed by atoms with Crippen molar-refractivity contribution in [2.75, 3.05) is 50.0 Å². The molecule has 8 nitrogen and oxygen atoms in total. The van der Waals surface area contributed by atoms with E-state index in [4.69, 9.17) is 0 Å². The quantitative estimate of drug-likeness (QED) is 0.500. The maximum Gasteiger partial charge on any atom is 0.264 e. The number of piperazine rings is 1. The molecule has 2 aliphatic rings. The molecule has 0 bridgehead atoms. The number of alkyl halides is 2. The third-order valence-electron chi connectivity index (χ3n) is 7.66. The highest BCUT2D eigenvalue weighted by Crippen LogP contribution is 2.33. The second-order valence-electron chi connectivity index (χ2n) is 10.2.